The second kappa shape index (κ2) is 5.60. The molecule has 0 aliphatic heterocycles. The molecule has 20 heavy (non-hydrogen) atoms. The molecule has 0 fully saturated rings. The Kier molecular flexibility index (Phi) is 4.40. The molecule has 1 unspecified atom stereocenters. The number of hydrogen-bond acceptors (Lipinski definition) is 1. The van der Waals surface area contributed by atoms with E-state index in [1.54, 1.807) is 19.1 Å². The molecule has 0 spiro atoms. The summed E-state index contributed by atoms with van der Waals surface area (Å²) >= 11 is 14.8. The van der Waals surface area contributed by atoms with Crippen molar-refractivity contribution in [2.24, 2.45) is 5.73 Å². The molecular weight excluding hydrogens is 371 g/mol. The summed E-state index contributed by atoms with van der Waals surface area (Å²) in [5.74, 6) is -1.16. The van der Waals surface area contributed by atoms with Crippen molar-refractivity contribution in [2.75, 3.05) is 0 Å². The summed E-state index contributed by atoms with van der Waals surface area (Å²) in [5, 5.41) is 0.0741. The Hall–Kier alpha value is -0.680. The predicted molar refractivity (Wildman–Crippen MR) is 81.2 cm³/mol. The maximum absolute atomic E-state index is 14.2. The van der Waals surface area contributed by atoms with Crippen molar-refractivity contribution in [2.45, 2.75) is 12.5 Å². The summed E-state index contributed by atoms with van der Waals surface area (Å²) in [5.41, 5.74) is 5.36. The van der Waals surface area contributed by atoms with E-state index in [9.17, 15) is 8.78 Å². The Morgan fingerprint density at radius 1 is 1.10 bits per heavy atom. The number of benzene rings is 2. The van der Waals surface area contributed by atoms with E-state index in [1.807, 2.05) is 0 Å². The molecule has 0 aliphatic rings. The first-order chi connectivity index (χ1) is 9.25. The van der Waals surface area contributed by atoms with Gasteiger partial charge in [0.25, 0.3) is 0 Å². The van der Waals surface area contributed by atoms with Gasteiger partial charge in [0.05, 0.1) is 15.0 Å². The van der Waals surface area contributed by atoms with Crippen LogP contribution in [0, 0.1) is 11.6 Å². The number of hydrogen-bond donors (Lipinski definition) is 1. The van der Waals surface area contributed by atoms with Crippen LogP contribution in [0.25, 0.3) is 0 Å². The number of rotatable bonds is 2. The minimum absolute atomic E-state index is 0.107. The maximum Gasteiger partial charge on any atom is 0.142 e. The second-order valence-corrected chi connectivity index (χ2v) is 6.22. The van der Waals surface area contributed by atoms with Crippen LogP contribution in [0.2, 0.25) is 10.0 Å². The van der Waals surface area contributed by atoms with Crippen molar-refractivity contribution in [1.82, 2.24) is 0 Å². The minimum Gasteiger partial charge on any atom is -0.318 e. The molecule has 0 heterocycles. The van der Waals surface area contributed by atoms with Gasteiger partial charge in [0, 0.05) is 10.6 Å². The van der Waals surface area contributed by atoms with Gasteiger partial charge in [-0.15, -0.1) is 0 Å². The molecule has 2 rings (SSSR count). The molecule has 0 amide bonds. The van der Waals surface area contributed by atoms with Gasteiger partial charge in [0.2, 0.25) is 0 Å². The molecule has 0 aromatic heterocycles. The lowest BCUT2D eigenvalue weighted by atomic mass is 9.85. The predicted octanol–water partition coefficient (Wildman–Crippen LogP) is 5.26. The van der Waals surface area contributed by atoms with Gasteiger partial charge in [-0.2, -0.15) is 0 Å². The van der Waals surface area contributed by atoms with Crippen LogP contribution in [0.15, 0.2) is 34.8 Å². The fourth-order valence-electron chi connectivity index (χ4n) is 1.97. The van der Waals surface area contributed by atoms with Gasteiger partial charge in [0.15, 0.2) is 0 Å². The summed E-state index contributed by atoms with van der Waals surface area (Å²) in [4.78, 5) is 0. The highest BCUT2D eigenvalue weighted by molar-refractivity contribution is 9.10. The average molecular weight is 381 g/mol. The molecule has 2 aromatic rings. The monoisotopic (exact) mass is 379 g/mol. The van der Waals surface area contributed by atoms with Crippen LogP contribution in [0.1, 0.15) is 18.1 Å². The van der Waals surface area contributed by atoms with Gasteiger partial charge >= 0.3 is 0 Å². The molecular formula is C14H10BrCl2F2N. The zero-order valence-electron chi connectivity index (χ0n) is 10.4. The second-order valence-electron chi connectivity index (χ2n) is 4.55. The van der Waals surface area contributed by atoms with Gasteiger partial charge in [-0.1, -0.05) is 35.3 Å². The highest BCUT2D eigenvalue weighted by atomic mass is 79.9. The first-order valence-corrected chi connectivity index (χ1v) is 7.18. The summed E-state index contributed by atoms with van der Waals surface area (Å²) in [7, 11) is 0. The van der Waals surface area contributed by atoms with Crippen molar-refractivity contribution in [3.05, 3.63) is 67.6 Å². The first kappa shape index (κ1) is 15.7. The van der Waals surface area contributed by atoms with E-state index in [4.69, 9.17) is 28.9 Å². The molecule has 0 radical (unpaired) electrons. The van der Waals surface area contributed by atoms with Crippen molar-refractivity contribution in [1.29, 1.82) is 0 Å². The fraction of sp³-hybridized carbons (Fsp3) is 0.143. The lowest BCUT2D eigenvalue weighted by Gasteiger charge is -2.28. The van der Waals surface area contributed by atoms with Gasteiger partial charge in [0.1, 0.15) is 11.6 Å². The maximum atomic E-state index is 14.2. The van der Waals surface area contributed by atoms with Gasteiger partial charge < -0.3 is 5.73 Å². The third-order valence-electron chi connectivity index (χ3n) is 3.08. The standard InChI is InChI=1S/C14H10BrCl2F2N/c1-14(20,7-3-2-4-9(15)13(7)19)8-5-12(18)11(17)6-10(8)16/h2-6H,20H2,1H3. The van der Waals surface area contributed by atoms with Crippen molar-refractivity contribution in [3.8, 4) is 0 Å². The average Bonchev–Trinajstić information content (AvgIpc) is 2.36. The topological polar surface area (TPSA) is 26.0 Å². The Morgan fingerprint density at radius 3 is 2.40 bits per heavy atom. The third-order valence-corrected chi connectivity index (χ3v) is 4.30. The van der Waals surface area contributed by atoms with Crippen LogP contribution in [0.3, 0.4) is 0 Å². The van der Waals surface area contributed by atoms with Crippen LogP contribution >= 0.6 is 39.1 Å². The van der Waals surface area contributed by atoms with E-state index in [1.165, 1.54) is 12.1 Å². The van der Waals surface area contributed by atoms with Crippen molar-refractivity contribution < 1.29 is 8.78 Å². The first-order valence-electron chi connectivity index (χ1n) is 5.63. The molecule has 0 saturated heterocycles. The van der Waals surface area contributed by atoms with Crippen LogP contribution in [-0.2, 0) is 5.54 Å². The third kappa shape index (κ3) is 2.70. The van der Waals surface area contributed by atoms with Gasteiger partial charge in [-0.05, 0) is 46.6 Å². The lowest BCUT2D eigenvalue weighted by Crippen LogP contribution is -2.36. The van der Waals surface area contributed by atoms with Crippen LogP contribution in [-0.4, -0.2) is 0 Å². The Morgan fingerprint density at radius 2 is 1.75 bits per heavy atom. The van der Waals surface area contributed by atoms with Gasteiger partial charge in [-0.3, -0.25) is 0 Å². The van der Waals surface area contributed by atoms with E-state index >= 15 is 0 Å². The van der Waals surface area contributed by atoms with Crippen LogP contribution in [0.4, 0.5) is 8.78 Å². The zero-order chi connectivity index (χ0) is 15.1. The zero-order valence-corrected chi connectivity index (χ0v) is 13.5. The Labute approximate surface area is 133 Å². The fourth-order valence-corrected chi connectivity index (χ4v) is 2.92. The summed E-state index contributed by atoms with van der Waals surface area (Å²) in [6.45, 7) is 1.56. The number of nitrogens with two attached hydrogens (primary N) is 1. The normalized spacial score (nSPS) is 14.2. The SMILES string of the molecule is CC(N)(c1cc(F)c(Cl)cc1Cl)c1cccc(Br)c1F. The van der Waals surface area contributed by atoms with E-state index in [2.05, 4.69) is 15.9 Å². The Balaban J connectivity index is 2.66. The van der Waals surface area contributed by atoms with E-state index in [0.717, 1.165) is 6.07 Å². The highest BCUT2D eigenvalue weighted by Gasteiger charge is 2.30. The molecule has 0 aliphatic carbocycles. The summed E-state index contributed by atoms with van der Waals surface area (Å²) in [6, 6.07) is 7.12. The smallest absolute Gasteiger partial charge is 0.142 e. The molecule has 1 atom stereocenters. The quantitative estimate of drug-likeness (QED) is 0.707. The molecule has 106 valence electrons. The van der Waals surface area contributed by atoms with Gasteiger partial charge in [-0.25, -0.2) is 8.78 Å². The molecule has 1 nitrogen and oxygen atoms in total. The number of halogens is 5. The molecule has 2 aromatic carbocycles. The summed E-state index contributed by atoms with van der Waals surface area (Å²) in [6.07, 6.45) is 0. The largest absolute Gasteiger partial charge is 0.318 e. The Bertz CT molecular complexity index is 674. The summed E-state index contributed by atoms with van der Waals surface area (Å²) < 4.78 is 28.1. The van der Waals surface area contributed by atoms with E-state index < -0.39 is 17.2 Å². The molecule has 0 saturated carbocycles. The highest BCUT2D eigenvalue weighted by Crippen LogP contribution is 2.37. The minimum atomic E-state index is -1.30. The van der Waals surface area contributed by atoms with Crippen molar-refractivity contribution in [3.63, 3.8) is 0 Å². The molecule has 6 heteroatoms. The van der Waals surface area contributed by atoms with Crippen LogP contribution < -0.4 is 5.73 Å². The lowest BCUT2D eigenvalue weighted by molar-refractivity contribution is 0.523. The molecule has 2 N–H and O–H groups in total. The molecule has 0 bridgehead atoms. The van der Waals surface area contributed by atoms with E-state index in [-0.39, 0.29) is 25.6 Å². The van der Waals surface area contributed by atoms with E-state index in [0.29, 0.717) is 0 Å². The van der Waals surface area contributed by atoms with Crippen molar-refractivity contribution >= 4 is 39.1 Å². The van der Waals surface area contributed by atoms with Crippen LogP contribution in [0.5, 0.6) is 0 Å².